The number of methoxy groups -OCH3 is 3. The van der Waals surface area contributed by atoms with E-state index in [2.05, 4.69) is 22.0 Å². The lowest BCUT2D eigenvalue weighted by atomic mass is 10.1. The van der Waals surface area contributed by atoms with Crippen LogP contribution >= 0.6 is 24.0 Å². The van der Waals surface area contributed by atoms with Gasteiger partial charge in [0.25, 0.3) is 0 Å². The molecule has 170 valence electrons. The summed E-state index contributed by atoms with van der Waals surface area (Å²) in [4.78, 5) is 9.71. The average Bonchev–Trinajstić information content (AvgIpc) is 3.57. The molecular formula is C22H37IN4O3. The molecule has 0 spiro atoms. The quantitative estimate of drug-likeness (QED) is 0.300. The summed E-state index contributed by atoms with van der Waals surface area (Å²) in [5.74, 6) is 4.05. The predicted molar refractivity (Wildman–Crippen MR) is 132 cm³/mol. The molecule has 1 aliphatic heterocycles. The lowest BCUT2D eigenvalue weighted by Crippen LogP contribution is -2.52. The Hall–Kier alpha value is -1.42. The summed E-state index contributed by atoms with van der Waals surface area (Å²) >= 11 is 0. The molecule has 2 aliphatic rings. The highest BCUT2D eigenvalue weighted by Gasteiger charge is 2.23. The summed E-state index contributed by atoms with van der Waals surface area (Å²) in [5, 5.41) is 3.46. The summed E-state index contributed by atoms with van der Waals surface area (Å²) in [6, 6.07) is 4.08. The maximum Gasteiger partial charge on any atom is 0.203 e. The van der Waals surface area contributed by atoms with Gasteiger partial charge in [0.05, 0.1) is 21.3 Å². The van der Waals surface area contributed by atoms with Crippen LogP contribution in [-0.4, -0.2) is 76.4 Å². The fourth-order valence-corrected chi connectivity index (χ4v) is 3.79. The molecule has 0 radical (unpaired) electrons. The number of nitrogens with one attached hydrogen (secondary N) is 1. The van der Waals surface area contributed by atoms with Gasteiger partial charge in [-0.2, -0.15) is 0 Å². The monoisotopic (exact) mass is 532 g/mol. The maximum atomic E-state index is 5.49. The Kier molecular flexibility index (Phi) is 10.3. The van der Waals surface area contributed by atoms with Crippen LogP contribution in [0, 0.1) is 5.92 Å². The number of ether oxygens (including phenoxy) is 3. The molecule has 1 N–H and O–H groups in total. The zero-order chi connectivity index (χ0) is 20.6. The number of hydrogen-bond acceptors (Lipinski definition) is 5. The first-order valence-electron chi connectivity index (χ1n) is 10.7. The van der Waals surface area contributed by atoms with Gasteiger partial charge in [0, 0.05) is 45.8 Å². The van der Waals surface area contributed by atoms with Gasteiger partial charge in [0.15, 0.2) is 17.5 Å². The first-order valence-corrected chi connectivity index (χ1v) is 10.7. The molecule has 1 aliphatic carbocycles. The van der Waals surface area contributed by atoms with Gasteiger partial charge in [0.2, 0.25) is 5.75 Å². The average molecular weight is 532 g/mol. The lowest BCUT2D eigenvalue weighted by molar-refractivity contribution is 0.172. The van der Waals surface area contributed by atoms with Crippen molar-refractivity contribution in [3.63, 3.8) is 0 Å². The normalized spacial score (nSPS) is 17.3. The summed E-state index contributed by atoms with van der Waals surface area (Å²) in [7, 11) is 4.95. The van der Waals surface area contributed by atoms with Crippen molar-refractivity contribution in [2.45, 2.75) is 32.7 Å². The molecule has 30 heavy (non-hydrogen) atoms. The second kappa shape index (κ2) is 12.4. The molecule has 1 aromatic rings. The van der Waals surface area contributed by atoms with E-state index in [-0.39, 0.29) is 24.0 Å². The highest BCUT2D eigenvalue weighted by Crippen LogP contribution is 2.38. The summed E-state index contributed by atoms with van der Waals surface area (Å²) in [6.45, 7) is 8.83. The Morgan fingerprint density at radius 1 is 1.03 bits per heavy atom. The molecule has 1 saturated carbocycles. The third kappa shape index (κ3) is 6.80. The SMILES string of the molecule is CCNC(=NCCC1CC1)N1CCN(Cc2cc(OC)c(OC)c(OC)c2)CC1.I. The maximum absolute atomic E-state index is 5.49. The number of hydrogen-bond donors (Lipinski definition) is 1. The van der Waals surface area contributed by atoms with Crippen molar-refractivity contribution in [3.8, 4) is 17.2 Å². The number of benzene rings is 1. The summed E-state index contributed by atoms with van der Waals surface area (Å²) < 4.78 is 16.4. The zero-order valence-electron chi connectivity index (χ0n) is 18.8. The Morgan fingerprint density at radius 2 is 1.67 bits per heavy atom. The van der Waals surface area contributed by atoms with Crippen LogP contribution in [0.25, 0.3) is 0 Å². The van der Waals surface area contributed by atoms with Gasteiger partial charge in [-0.05, 0) is 37.0 Å². The van der Waals surface area contributed by atoms with Crippen LogP contribution in [0.2, 0.25) is 0 Å². The number of rotatable bonds is 9. The Labute approximate surface area is 198 Å². The van der Waals surface area contributed by atoms with Crippen LogP contribution in [0.3, 0.4) is 0 Å². The molecule has 2 fully saturated rings. The van der Waals surface area contributed by atoms with Gasteiger partial charge in [-0.15, -0.1) is 24.0 Å². The Balaban J connectivity index is 0.00000320. The van der Waals surface area contributed by atoms with Crippen LogP contribution in [0.5, 0.6) is 17.2 Å². The fraction of sp³-hybridized carbons (Fsp3) is 0.682. The van der Waals surface area contributed by atoms with Gasteiger partial charge in [-0.3, -0.25) is 9.89 Å². The van der Waals surface area contributed by atoms with Crippen molar-refractivity contribution in [2.75, 3.05) is 60.6 Å². The number of halogens is 1. The Bertz CT molecular complexity index is 664. The van der Waals surface area contributed by atoms with Gasteiger partial charge in [-0.1, -0.05) is 12.8 Å². The molecular weight excluding hydrogens is 495 g/mol. The smallest absolute Gasteiger partial charge is 0.203 e. The predicted octanol–water partition coefficient (Wildman–Crippen LogP) is 3.21. The van der Waals surface area contributed by atoms with Crippen molar-refractivity contribution in [1.29, 1.82) is 0 Å². The van der Waals surface area contributed by atoms with E-state index in [0.29, 0.717) is 17.2 Å². The number of nitrogens with zero attached hydrogens (tertiary/aromatic N) is 3. The number of piperazine rings is 1. The van der Waals surface area contributed by atoms with Crippen LogP contribution in [0.15, 0.2) is 17.1 Å². The van der Waals surface area contributed by atoms with E-state index in [1.807, 2.05) is 12.1 Å². The minimum atomic E-state index is 0. The first-order chi connectivity index (χ1) is 14.2. The largest absolute Gasteiger partial charge is 0.493 e. The molecule has 7 nitrogen and oxygen atoms in total. The molecule has 1 heterocycles. The van der Waals surface area contributed by atoms with E-state index in [1.165, 1.54) is 19.3 Å². The van der Waals surface area contributed by atoms with E-state index >= 15 is 0 Å². The molecule has 1 saturated heterocycles. The first kappa shape index (κ1) is 24.8. The van der Waals surface area contributed by atoms with E-state index in [9.17, 15) is 0 Å². The topological polar surface area (TPSA) is 58.6 Å². The van der Waals surface area contributed by atoms with E-state index < -0.39 is 0 Å². The fourth-order valence-electron chi connectivity index (χ4n) is 3.79. The van der Waals surface area contributed by atoms with Gasteiger partial charge >= 0.3 is 0 Å². The van der Waals surface area contributed by atoms with E-state index in [0.717, 1.165) is 63.3 Å². The molecule has 3 rings (SSSR count). The van der Waals surface area contributed by atoms with Crippen LogP contribution < -0.4 is 19.5 Å². The second-order valence-corrected chi connectivity index (χ2v) is 7.76. The van der Waals surface area contributed by atoms with Crippen molar-refractivity contribution < 1.29 is 14.2 Å². The third-order valence-corrected chi connectivity index (χ3v) is 5.63. The molecule has 0 bridgehead atoms. The van der Waals surface area contributed by atoms with Crippen molar-refractivity contribution in [2.24, 2.45) is 10.9 Å². The molecule has 1 aromatic carbocycles. The number of aliphatic imine (C=N–C) groups is 1. The van der Waals surface area contributed by atoms with Gasteiger partial charge < -0.3 is 24.4 Å². The molecule has 8 heteroatoms. The highest BCUT2D eigenvalue weighted by atomic mass is 127. The summed E-state index contributed by atoms with van der Waals surface area (Å²) in [5.41, 5.74) is 1.16. The van der Waals surface area contributed by atoms with Crippen molar-refractivity contribution >= 4 is 29.9 Å². The summed E-state index contributed by atoms with van der Waals surface area (Å²) in [6.07, 6.45) is 4.02. The molecule has 0 aromatic heterocycles. The third-order valence-electron chi connectivity index (χ3n) is 5.63. The van der Waals surface area contributed by atoms with Crippen LogP contribution in [-0.2, 0) is 6.54 Å². The second-order valence-electron chi connectivity index (χ2n) is 7.76. The number of guanidine groups is 1. The zero-order valence-corrected chi connectivity index (χ0v) is 21.1. The lowest BCUT2D eigenvalue weighted by Gasteiger charge is -2.36. The van der Waals surface area contributed by atoms with Crippen LogP contribution in [0.4, 0.5) is 0 Å². The minimum absolute atomic E-state index is 0. The van der Waals surface area contributed by atoms with Crippen LogP contribution in [0.1, 0.15) is 31.7 Å². The van der Waals surface area contributed by atoms with E-state index in [4.69, 9.17) is 19.2 Å². The van der Waals surface area contributed by atoms with Crippen molar-refractivity contribution in [3.05, 3.63) is 17.7 Å². The Morgan fingerprint density at radius 3 is 2.17 bits per heavy atom. The highest BCUT2D eigenvalue weighted by molar-refractivity contribution is 14.0. The van der Waals surface area contributed by atoms with Crippen molar-refractivity contribution in [1.82, 2.24) is 15.1 Å². The minimum Gasteiger partial charge on any atom is -0.493 e. The van der Waals surface area contributed by atoms with Gasteiger partial charge in [-0.25, -0.2) is 0 Å². The standard InChI is InChI=1S/C22H36N4O3.HI/c1-5-23-22(24-9-8-17-6-7-17)26-12-10-25(11-13-26)16-18-14-19(27-2)21(29-4)20(15-18)28-3;/h14-15,17H,5-13,16H2,1-4H3,(H,23,24);1H. The molecule has 0 amide bonds. The van der Waals surface area contributed by atoms with E-state index in [1.54, 1.807) is 21.3 Å². The molecule has 0 unspecified atom stereocenters. The molecule has 0 atom stereocenters. The van der Waals surface area contributed by atoms with Gasteiger partial charge in [0.1, 0.15) is 0 Å².